The number of hydrogen-bond acceptors (Lipinski definition) is 3. The lowest BCUT2D eigenvalue weighted by Gasteiger charge is -2.41. The van der Waals surface area contributed by atoms with Crippen molar-refractivity contribution < 1.29 is 4.79 Å². The summed E-state index contributed by atoms with van der Waals surface area (Å²) in [6, 6.07) is -0.0496. The van der Waals surface area contributed by atoms with Crippen LogP contribution in [0, 0.1) is 5.41 Å². The van der Waals surface area contributed by atoms with Gasteiger partial charge >= 0.3 is 0 Å². The zero-order chi connectivity index (χ0) is 12.2. The highest BCUT2D eigenvalue weighted by molar-refractivity contribution is 5.81. The van der Waals surface area contributed by atoms with Gasteiger partial charge in [0.05, 0.1) is 6.04 Å². The van der Waals surface area contributed by atoms with Gasteiger partial charge in [0.15, 0.2) is 0 Å². The summed E-state index contributed by atoms with van der Waals surface area (Å²) in [7, 11) is 0. The van der Waals surface area contributed by atoms with Gasteiger partial charge in [-0.25, -0.2) is 5.84 Å². The average Bonchev–Trinajstić information content (AvgIpc) is 2.32. The largest absolute Gasteiger partial charge is 0.293 e. The summed E-state index contributed by atoms with van der Waals surface area (Å²) in [5, 5.41) is 0. The first-order valence-electron chi connectivity index (χ1n) is 6.31. The smallest absolute Gasteiger partial charge is 0.251 e. The first-order chi connectivity index (χ1) is 7.56. The van der Waals surface area contributed by atoms with E-state index in [1.165, 1.54) is 19.3 Å². The van der Waals surface area contributed by atoms with Gasteiger partial charge in [-0.1, -0.05) is 27.2 Å². The Morgan fingerprint density at radius 3 is 2.38 bits per heavy atom. The lowest BCUT2D eigenvalue weighted by Crippen LogP contribution is -2.52. The Hall–Kier alpha value is -0.610. The number of hydrogen-bond donors (Lipinski definition) is 2. The molecule has 0 aliphatic carbocycles. The SMILES string of the molecule is CCC(C(=O)NN)N1CCC(C)(CC)CC1. The second-order valence-electron chi connectivity index (χ2n) is 5.13. The third-order valence-corrected chi connectivity index (χ3v) is 4.13. The lowest BCUT2D eigenvalue weighted by molar-refractivity contribution is -0.127. The van der Waals surface area contributed by atoms with Crippen LogP contribution in [0.15, 0.2) is 0 Å². The van der Waals surface area contributed by atoms with E-state index in [9.17, 15) is 4.79 Å². The summed E-state index contributed by atoms with van der Waals surface area (Å²) in [5.41, 5.74) is 2.73. The van der Waals surface area contributed by atoms with Crippen LogP contribution in [0.5, 0.6) is 0 Å². The van der Waals surface area contributed by atoms with Crippen molar-refractivity contribution in [2.24, 2.45) is 11.3 Å². The molecule has 16 heavy (non-hydrogen) atoms. The molecule has 94 valence electrons. The van der Waals surface area contributed by atoms with Gasteiger partial charge in [-0.3, -0.25) is 15.1 Å². The van der Waals surface area contributed by atoms with Gasteiger partial charge < -0.3 is 0 Å². The summed E-state index contributed by atoms with van der Waals surface area (Å²) < 4.78 is 0. The van der Waals surface area contributed by atoms with E-state index in [2.05, 4.69) is 24.2 Å². The first kappa shape index (κ1) is 13.5. The minimum atomic E-state index is -0.0531. The maximum absolute atomic E-state index is 11.6. The number of amides is 1. The fourth-order valence-corrected chi connectivity index (χ4v) is 2.43. The number of nitrogens with two attached hydrogens (primary N) is 1. The number of hydrazine groups is 1. The molecule has 1 heterocycles. The minimum Gasteiger partial charge on any atom is -0.293 e. The summed E-state index contributed by atoms with van der Waals surface area (Å²) in [4.78, 5) is 13.9. The van der Waals surface area contributed by atoms with Crippen LogP contribution in [-0.4, -0.2) is 29.9 Å². The Morgan fingerprint density at radius 2 is 2.00 bits per heavy atom. The highest BCUT2D eigenvalue weighted by Gasteiger charge is 2.32. The minimum absolute atomic E-state index is 0.0496. The Morgan fingerprint density at radius 1 is 1.44 bits per heavy atom. The van der Waals surface area contributed by atoms with E-state index in [0.717, 1.165) is 19.5 Å². The van der Waals surface area contributed by atoms with Crippen molar-refractivity contribution in [2.45, 2.75) is 52.5 Å². The fourth-order valence-electron chi connectivity index (χ4n) is 2.43. The molecule has 0 spiro atoms. The van der Waals surface area contributed by atoms with Crippen LogP contribution in [-0.2, 0) is 4.79 Å². The number of piperidine rings is 1. The standard InChI is InChI=1S/C12H25N3O/c1-4-10(11(16)14-13)15-8-6-12(3,5-2)7-9-15/h10H,4-9,13H2,1-3H3,(H,14,16). The van der Waals surface area contributed by atoms with E-state index in [1.54, 1.807) is 0 Å². The van der Waals surface area contributed by atoms with Gasteiger partial charge in [-0.05, 0) is 37.8 Å². The van der Waals surface area contributed by atoms with Gasteiger partial charge in [0.1, 0.15) is 0 Å². The molecule has 1 rings (SSSR count). The van der Waals surface area contributed by atoms with Crippen molar-refractivity contribution in [3.05, 3.63) is 0 Å². The fraction of sp³-hybridized carbons (Fsp3) is 0.917. The number of likely N-dealkylation sites (tertiary alicyclic amines) is 1. The Labute approximate surface area is 98.5 Å². The summed E-state index contributed by atoms with van der Waals surface area (Å²) in [5.74, 6) is 5.16. The zero-order valence-electron chi connectivity index (χ0n) is 10.8. The molecule has 0 aromatic carbocycles. The average molecular weight is 227 g/mol. The number of carbonyl (C=O) groups excluding carboxylic acids is 1. The molecule has 1 atom stereocenters. The van der Waals surface area contributed by atoms with Crippen molar-refractivity contribution in [1.29, 1.82) is 0 Å². The third-order valence-electron chi connectivity index (χ3n) is 4.13. The van der Waals surface area contributed by atoms with E-state index >= 15 is 0 Å². The van der Waals surface area contributed by atoms with Crippen molar-refractivity contribution in [3.63, 3.8) is 0 Å². The summed E-state index contributed by atoms with van der Waals surface area (Å²) in [6.07, 6.45) is 4.41. The summed E-state index contributed by atoms with van der Waals surface area (Å²) >= 11 is 0. The van der Waals surface area contributed by atoms with Crippen LogP contribution in [0.25, 0.3) is 0 Å². The van der Waals surface area contributed by atoms with E-state index in [-0.39, 0.29) is 11.9 Å². The molecule has 0 aromatic heterocycles. The molecule has 1 amide bonds. The highest BCUT2D eigenvalue weighted by atomic mass is 16.2. The molecule has 3 N–H and O–H groups in total. The Balaban J connectivity index is 2.54. The Kier molecular flexibility index (Phi) is 4.74. The predicted molar refractivity (Wildman–Crippen MR) is 65.6 cm³/mol. The van der Waals surface area contributed by atoms with E-state index in [0.29, 0.717) is 5.41 Å². The second-order valence-corrected chi connectivity index (χ2v) is 5.13. The number of nitrogens with zero attached hydrogens (tertiary/aromatic N) is 1. The molecule has 1 saturated heterocycles. The molecule has 0 radical (unpaired) electrons. The van der Waals surface area contributed by atoms with Gasteiger partial charge in [0.2, 0.25) is 0 Å². The number of carbonyl (C=O) groups is 1. The maximum Gasteiger partial charge on any atom is 0.251 e. The van der Waals surface area contributed by atoms with Crippen LogP contribution in [0.2, 0.25) is 0 Å². The van der Waals surface area contributed by atoms with Crippen LogP contribution >= 0.6 is 0 Å². The van der Waals surface area contributed by atoms with E-state index in [1.807, 2.05) is 6.92 Å². The van der Waals surface area contributed by atoms with Gasteiger partial charge in [0.25, 0.3) is 5.91 Å². The summed E-state index contributed by atoms with van der Waals surface area (Å²) in [6.45, 7) is 8.65. The molecule has 4 nitrogen and oxygen atoms in total. The molecule has 1 fully saturated rings. The molecule has 1 unspecified atom stereocenters. The van der Waals surface area contributed by atoms with Crippen molar-refractivity contribution in [2.75, 3.05) is 13.1 Å². The highest BCUT2D eigenvalue weighted by Crippen LogP contribution is 2.34. The van der Waals surface area contributed by atoms with Crippen molar-refractivity contribution in [1.82, 2.24) is 10.3 Å². The molecular formula is C12H25N3O. The van der Waals surface area contributed by atoms with Gasteiger partial charge in [0, 0.05) is 0 Å². The van der Waals surface area contributed by atoms with E-state index < -0.39 is 0 Å². The topological polar surface area (TPSA) is 58.4 Å². The number of nitrogens with one attached hydrogen (secondary N) is 1. The zero-order valence-corrected chi connectivity index (χ0v) is 10.8. The molecule has 1 aliphatic heterocycles. The van der Waals surface area contributed by atoms with E-state index in [4.69, 9.17) is 5.84 Å². The molecule has 4 heteroatoms. The molecule has 0 bridgehead atoms. The molecule has 0 aromatic rings. The van der Waals surface area contributed by atoms with Crippen LogP contribution in [0.1, 0.15) is 46.5 Å². The lowest BCUT2D eigenvalue weighted by atomic mass is 9.78. The first-order valence-corrected chi connectivity index (χ1v) is 6.31. The van der Waals surface area contributed by atoms with Crippen LogP contribution in [0.4, 0.5) is 0 Å². The van der Waals surface area contributed by atoms with Gasteiger partial charge in [-0.15, -0.1) is 0 Å². The second kappa shape index (κ2) is 5.64. The predicted octanol–water partition coefficient (Wildman–Crippen LogP) is 1.27. The van der Waals surface area contributed by atoms with Gasteiger partial charge in [-0.2, -0.15) is 0 Å². The normalized spacial score (nSPS) is 22.8. The molecule has 0 saturated carbocycles. The molecule has 1 aliphatic rings. The maximum atomic E-state index is 11.6. The van der Waals surface area contributed by atoms with Crippen LogP contribution in [0.3, 0.4) is 0 Å². The quantitative estimate of drug-likeness (QED) is 0.432. The van der Waals surface area contributed by atoms with Crippen molar-refractivity contribution in [3.8, 4) is 0 Å². The van der Waals surface area contributed by atoms with Crippen LogP contribution < -0.4 is 11.3 Å². The Bertz CT molecular complexity index is 234. The van der Waals surface area contributed by atoms with Crippen molar-refractivity contribution >= 4 is 5.91 Å². The monoisotopic (exact) mass is 227 g/mol. The third kappa shape index (κ3) is 2.95. The molecular weight excluding hydrogens is 202 g/mol. The number of rotatable bonds is 4.